The van der Waals surface area contributed by atoms with E-state index in [-0.39, 0.29) is 11.9 Å². The lowest BCUT2D eigenvalue weighted by atomic mass is 10.1. The molecule has 94 valence electrons. The quantitative estimate of drug-likeness (QED) is 0.889. The van der Waals surface area contributed by atoms with Crippen LogP contribution in [0.2, 0.25) is 0 Å². The van der Waals surface area contributed by atoms with Crippen LogP contribution in [0.3, 0.4) is 0 Å². The van der Waals surface area contributed by atoms with Gasteiger partial charge in [-0.25, -0.2) is 4.39 Å². The molecule has 0 amide bonds. The normalized spacial score (nSPS) is 21.5. The summed E-state index contributed by atoms with van der Waals surface area (Å²) in [6.45, 7) is 3.21. The van der Waals surface area contributed by atoms with E-state index < -0.39 is 0 Å². The third-order valence-electron chi connectivity index (χ3n) is 3.15. The third-order valence-corrected chi connectivity index (χ3v) is 3.81. The van der Waals surface area contributed by atoms with Crippen molar-refractivity contribution in [2.75, 3.05) is 11.9 Å². The summed E-state index contributed by atoms with van der Waals surface area (Å²) in [6.07, 6.45) is 3.51. The molecule has 1 aliphatic heterocycles. The molecule has 2 nitrogen and oxygen atoms in total. The standard InChI is InChI=1S/C13H18BrFN2/c1-9(8-10-4-3-7-16-10)17-13-11(14)5-2-6-12(13)15/h2,5-6,9-10,16-17H,3-4,7-8H2,1H3. The minimum atomic E-state index is -0.203. The van der Waals surface area contributed by atoms with E-state index in [0.717, 1.165) is 17.4 Å². The van der Waals surface area contributed by atoms with Crippen LogP contribution in [0.25, 0.3) is 0 Å². The minimum absolute atomic E-state index is 0.203. The highest BCUT2D eigenvalue weighted by atomic mass is 79.9. The van der Waals surface area contributed by atoms with Crippen molar-refractivity contribution in [1.82, 2.24) is 5.32 Å². The molecule has 2 rings (SSSR count). The first-order valence-electron chi connectivity index (χ1n) is 6.10. The number of anilines is 1. The lowest BCUT2D eigenvalue weighted by molar-refractivity contribution is 0.520. The second-order valence-electron chi connectivity index (χ2n) is 4.67. The van der Waals surface area contributed by atoms with Crippen LogP contribution < -0.4 is 10.6 Å². The van der Waals surface area contributed by atoms with Gasteiger partial charge in [-0.1, -0.05) is 6.07 Å². The lowest BCUT2D eigenvalue weighted by Gasteiger charge is -2.20. The number of benzene rings is 1. The fourth-order valence-electron chi connectivity index (χ4n) is 2.33. The van der Waals surface area contributed by atoms with Gasteiger partial charge >= 0.3 is 0 Å². The van der Waals surface area contributed by atoms with Crippen molar-refractivity contribution in [1.29, 1.82) is 0 Å². The topological polar surface area (TPSA) is 24.1 Å². The van der Waals surface area contributed by atoms with Gasteiger partial charge in [0.2, 0.25) is 0 Å². The second-order valence-corrected chi connectivity index (χ2v) is 5.53. The van der Waals surface area contributed by atoms with Crippen LogP contribution >= 0.6 is 15.9 Å². The largest absolute Gasteiger partial charge is 0.379 e. The predicted molar refractivity (Wildman–Crippen MR) is 72.8 cm³/mol. The minimum Gasteiger partial charge on any atom is -0.379 e. The summed E-state index contributed by atoms with van der Waals surface area (Å²) >= 11 is 3.37. The molecule has 1 aliphatic rings. The smallest absolute Gasteiger partial charge is 0.147 e. The molecule has 2 unspecified atom stereocenters. The summed E-state index contributed by atoms with van der Waals surface area (Å²) in [5, 5.41) is 6.70. The van der Waals surface area contributed by atoms with E-state index in [9.17, 15) is 4.39 Å². The maximum Gasteiger partial charge on any atom is 0.147 e. The Morgan fingerprint density at radius 1 is 1.59 bits per heavy atom. The van der Waals surface area contributed by atoms with Gasteiger partial charge in [-0.2, -0.15) is 0 Å². The number of rotatable bonds is 4. The molecule has 0 aromatic heterocycles. The molecule has 4 heteroatoms. The van der Waals surface area contributed by atoms with Gasteiger partial charge in [0.05, 0.1) is 5.69 Å². The number of para-hydroxylation sites is 1. The summed E-state index contributed by atoms with van der Waals surface area (Å²) in [5.41, 5.74) is 0.568. The Morgan fingerprint density at radius 2 is 2.41 bits per heavy atom. The van der Waals surface area contributed by atoms with Gasteiger partial charge < -0.3 is 10.6 Å². The van der Waals surface area contributed by atoms with E-state index in [1.165, 1.54) is 18.9 Å². The molecule has 1 heterocycles. The maximum atomic E-state index is 13.6. The first-order valence-corrected chi connectivity index (χ1v) is 6.90. The van der Waals surface area contributed by atoms with Crippen LogP contribution in [0.4, 0.5) is 10.1 Å². The van der Waals surface area contributed by atoms with Crippen molar-refractivity contribution < 1.29 is 4.39 Å². The van der Waals surface area contributed by atoms with Crippen molar-refractivity contribution in [3.8, 4) is 0 Å². The number of nitrogens with one attached hydrogen (secondary N) is 2. The summed E-state index contributed by atoms with van der Waals surface area (Å²) < 4.78 is 14.4. The van der Waals surface area contributed by atoms with E-state index in [0.29, 0.717) is 11.7 Å². The molecule has 1 saturated heterocycles. The molecule has 2 N–H and O–H groups in total. The first kappa shape index (κ1) is 12.8. The first-order chi connectivity index (χ1) is 8.16. The third kappa shape index (κ3) is 3.42. The summed E-state index contributed by atoms with van der Waals surface area (Å²) in [6, 6.07) is 5.87. The molecular formula is C13H18BrFN2. The Kier molecular flexibility index (Phi) is 4.40. The van der Waals surface area contributed by atoms with Gasteiger partial charge in [0.15, 0.2) is 0 Å². The van der Waals surface area contributed by atoms with E-state index in [4.69, 9.17) is 0 Å². The molecule has 1 aromatic carbocycles. The molecule has 2 atom stereocenters. The average Bonchev–Trinajstić information content (AvgIpc) is 2.76. The van der Waals surface area contributed by atoms with Gasteiger partial charge in [-0.15, -0.1) is 0 Å². The van der Waals surface area contributed by atoms with E-state index >= 15 is 0 Å². The van der Waals surface area contributed by atoms with Crippen molar-refractivity contribution in [2.24, 2.45) is 0 Å². The van der Waals surface area contributed by atoms with Gasteiger partial charge in [-0.3, -0.25) is 0 Å². The zero-order valence-corrected chi connectivity index (χ0v) is 11.6. The van der Waals surface area contributed by atoms with Crippen molar-refractivity contribution in [3.05, 3.63) is 28.5 Å². The van der Waals surface area contributed by atoms with E-state index in [1.807, 2.05) is 6.07 Å². The van der Waals surface area contributed by atoms with Gasteiger partial charge in [0.1, 0.15) is 5.82 Å². The number of hydrogen-bond donors (Lipinski definition) is 2. The molecule has 0 saturated carbocycles. The Hall–Kier alpha value is -0.610. The van der Waals surface area contributed by atoms with Crippen LogP contribution in [-0.4, -0.2) is 18.6 Å². The highest BCUT2D eigenvalue weighted by molar-refractivity contribution is 9.10. The van der Waals surface area contributed by atoms with Crippen molar-refractivity contribution >= 4 is 21.6 Å². The van der Waals surface area contributed by atoms with Crippen LogP contribution in [0.5, 0.6) is 0 Å². The summed E-state index contributed by atoms with van der Waals surface area (Å²) in [4.78, 5) is 0. The second kappa shape index (κ2) is 5.83. The number of hydrogen-bond acceptors (Lipinski definition) is 2. The van der Waals surface area contributed by atoms with Gasteiger partial charge in [-0.05, 0) is 60.8 Å². The van der Waals surface area contributed by atoms with E-state index in [2.05, 4.69) is 33.5 Å². The van der Waals surface area contributed by atoms with Crippen LogP contribution in [-0.2, 0) is 0 Å². The fourth-order valence-corrected chi connectivity index (χ4v) is 2.78. The maximum absolute atomic E-state index is 13.6. The molecule has 17 heavy (non-hydrogen) atoms. The summed E-state index contributed by atoms with van der Waals surface area (Å²) in [7, 11) is 0. The van der Waals surface area contributed by atoms with Crippen LogP contribution in [0, 0.1) is 5.82 Å². The molecule has 0 spiro atoms. The van der Waals surface area contributed by atoms with Crippen LogP contribution in [0.15, 0.2) is 22.7 Å². The number of halogens is 2. The average molecular weight is 301 g/mol. The van der Waals surface area contributed by atoms with E-state index in [1.54, 1.807) is 6.07 Å². The molecule has 0 radical (unpaired) electrons. The Bertz CT molecular complexity index is 357. The zero-order valence-electron chi connectivity index (χ0n) is 9.97. The Morgan fingerprint density at radius 3 is 3.06 bits per heavy atom. The predicted octanol–water partition coefficient (Wildman–Crippen LogP) is 3.53. The molecule has 1 fully saturated rings. The van der Waals surface area contributed by atoms with Gasteiger partial charge in [0, 0.05) is 16.6 Å². The highest BCUT2D eigenvalue weighted by Gasteiger charge is 2.18. The molecule has 1 aromatic rings. The fraction of sp³-hybridized carbons (Fsp3) is 0.538. The SMILES string of the molecule is CC(CC1CCCN1)Nc1c(F)cccc1Br. The lowest BCUT2D eigenvalue weighted by Crippen LogP contribution is -2.29. The molecular weight excluding hydrogens is 283 g/mol. The molecule has 0 aliphatic carbocycles. The summed E-state index contributed by atoms with van der Waals surface area (Å²) in [5.74, 6) is -0.203. The van der Waals surface area contributed by atoms with Crippen LogP contribution in [0.1, 0.15) is 26.2 Å². The zero-order chi connectivity index (χ0) is 12.3. The monoisotopic (exact) mass is 300 g/mol. The highest BCUT2D eigenvalue weighted by Crippen LogP contribution is 2.26. The molecule has 0 bridgehead atoms. The Labute approximate surface area is 110 Å². The van der Waals surface area contributed by atoms with Crippen molar-refractivity contribution in [3.63, 3.8) is 0 Å². The van der Waals surface area contributed by atoms with Gasteiger partial charge in [0.25, 0.3) is 0 Å². The van der Waals surface area contributed by atoms with Crippen molar-refractivity contribution in [2.45, 2.75) is 38.3 Å². The Balaban J connectivity index is 1.95.